The maximum atomic E-state index is 8.84. The van der Waals surface area contributed by atoms with E-state index in [9.17, 15) is 0 Å². The smallest absolute Gasteiger partial charge is 0.127 e. The number of hydrogen-bond acceptors (Lipinski definition) is 3. The van der Waals surface area contributed by atoms with Gasteiger partial charge in [-0.3, -0.25) is 5.41 Å². The van der Waals surface area contributed by atoms with Gasteiger partial charge in [-0.2, -0.15) is 0 Å². The summed E-state index contributed by atoms with van der Waals surface area (Å²) in [5, 5.41) is 16.1. The van der Waals surface area contributed by atoms with Crippen LogP contribution in [0.4, 0.5) is 0 Å². The Hall–Kier alpha value is -2.33. The van der Waals surface area contributed by atoms with E-state index in [0.29, 0.717) is 17.7 Å². The van der Waals surface area contributed by atoms with Crippen molar-refractivity contribution in [2.75, 3.05) is 6.61 Å². The summed E-state index contributed by atoms with van der Waals surface area (Å²) in [6.45, 7) is 0.146. The molecule has 19 heavy (non-hydrogen) atoms. The quantitative estimate of drug-likeness (QED) is 0.567. The molecule has 0 amide bonds. The van der Waals surface area contributed by atoms with Crippen LogP contribution in [0.3, 0.4) is 0 Å². The molecular formula is C15H16N2O2. The normalized spacial score (nSPS) is 10.2. The van der Waals surface area contributed by atoms with Gasteiger partial charge in [0.2, 0.25) is 0 Å². The maximum Gasteiger partial charge on any atom is 0.127 e. The zero-order valence-corrected chi connectivity index (χ0v) is 10.5. The predicted molar refractivity (Wildman–Crippen MR) is 74.8 cm³/mol. The maximum absolute atomic E-state index is 8.84. The fraction of sp³-hybridized carbons (Fsp3) is 0.133. The van der Waals surface area contributed by atoms with Gasteiger partial charge >= 0.3 is 0 Å². The molecule has 4 heteroatoms. The van der Waals surface area contributed by atoms with Crippen molar-refractivity contribution in [3.63, 3.8) is 0 Å². The highest BCUT2D eigenvalue weighted by molar-refractivity contribution is 5.94. The average Bonchev–Trinajstić information content (AvgIpc) is 2.42. The van der Waals surface area contributed by atoms with Crippen molar-refractivity contribution in [1.82, 2.24) is 0 Å². The summed E-state index contributed by atoms with van der Waals surface area (Å²) in [4.78, 5) is 0. The number of aliphatic hydroxyl groups excluding tert-OH is 1. The summed E-state index contributed by atoms with van der Waals surface area (Å²) in [5.74, 6) is 1.47. The standard InChI is InChI=1S/C15H16N2O2/c16-15(17)12-3-7-14(8-4-12)19-13-5-1-11(2-6-13)9-10-18/h1-8,18H,9-10H2,(H3,16,17). The van der Waals surface area contributed by atoms with Gasteiger partial charge in [0.25, 0.3) is 0 Å². The first-order valence-electron chi connectivity index (χ1n) is 6.01. The molecule has 0 radical (unpaired) electrons. The molecule has 0 atom stereocenters. The van der Waals surface area contributed by atoms with Crippen LogP contribution in [-0.2, 0) is 6.42 Å². The van der Waals surface area contributed by atoms with E-state index in [4.69, 9.17) is 21.0 Å². The summed E-state index contributed by atoms with van der Waals surface area (Å²) in [5.41, 5.74) is 7.13. The molecule has 2 aromatic carbocycles. The van der Waals surface area contributed by atoms with E-state index < -0.39 is 0 Å². The van der Waals surface area contributed by atoms with E-state index >= 15 is 0 Å². The molecule has 0 fully saturated rings. The van der Waals surface area contributed by atoms with Gasteiger partial charge in [0.05, 0.1) is 0 Å². The Balaban J connectivity index is 2.06. The minimum atomic E-state index is 0.0416. The van der Waals surface area contributed by atoms with E-state index in [1.54, 1.807) is 24.3 Å². The monoisotopic (exact) mass is 256 g/mol. The Labute approximate surface area is 112 Å². The van der Waals surface area contributed by atoms with Gasteiger partial charge in [-0.25, -0.2) is 0 Å². The third-order valence-electron chi connectivity index (χ3n) is 2.72. The third-order valence-corrected chi connectivity index (χ3v) is 2.72. The number of rotatable bonds is 5. The lowest BCUT2D eigenvalue weighted by Crippen LogP contribution is -2.10. The van der Waals surface area contributed by atoms with Gasteiger partial charge in [0.15, 0.2) is 0 Å². The molecule has 0 spiro atoms. The molecule has 4 nitrogen and oxygen atoms in total. The summed E-state index contributed by atoms with van der Waals surface area (Å²) in [6, 6.07) is 14.6. The molecule has 0 aliphatic carbocycles. The fourth-order valence-electron chi connectivity index (χ4n) is 1.69. The van der Waals surface area contributed by atoms with E-state index in [-0.39, 0.29) is 12.4 Å². The van der Waals surface area contributed by atoms with Crippen LogP contribution in [0.1, 0.15) is 11.1 Å². The lowest BCUT2D eigenvalue weighted by atomic mass is 10.1. The first-order chi connectivity index (χ1) is 9.19. The second-order valence-corrected chi connectivity index (χ2v) is 4.16. The first-order valence-corrected chi connectivity index (χ1v) is 6.01. The number of amidine groups is 1. The lowest BCUT2D eigenvalue weighted by Gasteiger charge is -2.07. The van der Waals surface area contributed by atoms with Crippen LogP contribution < -0.4 is 10.5 Å². The number of aliphatic hydroxyl groups is 1. The second-order valence-electron chi connectivity index (χ2n) is 4.16. The molecular weight excluding hydrogens is 240 g/mol. The van der Waals surface area contributed by atoms with Crippen molar-refractivity contribution in [2.45, 2.75) is 6.42 Å². The average molecular weight is 256 g/mol. The molecule has 0 aromatic heterocycles. The van der Waals surface area contributed by atoms with E-state index in [2.05, 4.69) is 0 Å². The summed E-state index contributed by atoms with van der Waals surface area (Å²) >= 11 is 0. The molecule has 0 aliphatic heterocycles. The molecule has 4 N–H and O–H groups in total. The molecule has 98 valence electrons. The lowest BCUT2D eigenvalue weighted by molar-refractivity contribution is 0.299. The number of hydrogen-bond donors (Lipinski definition) is 3. The van der Waals surface area contributed by atoms with Crippen molar-refractivity contribution in [3.8, 4) is 11.5 Å². The SMILES string of the molecule is N=C(N)c1ccc(Oc2ccc(CCO)cc2)cc1. The Morgan fingerprint density at radius 1 is 1.00 bits per heavy atom. The van der Waals surface area contributed by atoms with Gasteiger partial charge in [0, 0.05) is 12.2 Å². The van der Waals surface area contributed by atoms with Crippen LogP contribution in [0, 0.1) is 5.41 Å². The third kappa shape index (κ3) is 3.56. The molecule has 0 aliphatic rings. The highest BCUT2D eigenvalue weighted by atomic mass is 16.5. The first kappa shape index (κ1) is 13.1. The van der Waals surface area contributed by atoms with Crippen LogP contribution in [0.25, 0.3) is 0 Å². The zero-order valence-electron chi connectivity index (χ0n) is 10.5. The highest BCUT2D eigenvalue weighted by Crippen LogP contribution is 2.22. The minimum Gasteiger partial charge on any atom is -0.457 e. The number of nitrogens with two attached hydrogens (primary N) is 1. The molecule has 0 bridgehead atoms. The topological polar surface area (TPSA) is 79.3 Å². The zero-order chi connectivity index (χ0) is 13.7. The molecule has 0 saturated heterocycles. The number of benzene rings is 2. The Morgan fingerprint density at radius 2 is 1.53 bits per heavy atom. The molecule has 0 heterocycles. The van der Waals surface area contributed by atoms with Crippen molar-refractivity contribution >= 4 is 5.84 Å². The van der Waals surface area contributed by atoms with Gasteiger partial charge in [-0.1, -0.05) is 12.1 Å². The number of nitrogens with one attached hydrogen (secondary N) is 1. The largest absolute Gasteiger partial charge is 0.457 e. The van der Waals surface area contributed by atoms with E-state index in [1.807, 2.05) is 24.3 Å². The van der Waals surface area contributed by atoms with Crippen LogP contribution >= 0.6 is 0 Å². The van der Waals surface area contributed by atoms with Gasteiger partial charge in [-0.05, 0) is 48.4 Å². The van der Waals surface area contributed by atoms with Crippen LogP contribution in [0.2, 0.25) is 0 Å². The summed E-state index contributed by atoms with van der Waals surface area (Å²) < 4.78 is 5.67. The van der Waals surface area contributed by atoms with Gasteiger partial charge < -0.3 is 15.6 Å². The number of nitrogen functional groups attached to an aromatic ring is 1. The number of ether oxygens (including phenoxy) is 1. The van der Waals surface area contributed by atoms with Crippen molar-refractivity contribution in [1.29, 1.82) is 5.41 Å². The second kappa shape index (κ2) is 6.02. The Kier molecular flexibility index (Phi) is 4.15. The van der Waals surface area contributed by atoms with Crippen molar-refractivity contribution in [2.24, 2.45) is 5.73 Å². The van der Waals surface area contributed by atoms with Gasteiger partial charge in [0.1, 0.15) is 17.3 Å². The van der Waals surface area contributed by atoms with Crippen LogP contribution in [0.5, 0.6) is 11.5 Å². The molecule has 0 saturated carbocycles. The van der Waals surface area contributed by atoms with E-state index in [1.165, 1.54) is 0 Å². The molecule has 0 unspecified atom stereocenters. The van der Waals surface area contributed by atoms with Crippen molar-refractivity contribution < 1.29 is 9.84 Å². The Morgan fingerprint density at radius 3 is 2.00 bits per heavy atom. The fourth-order valence-corrected chi connectivity index (χ4v) is 1.69. The molecule has 2 rings (SSSR count). The summed E-state index contributed by atoms with van der Waals surface area (Å²) in [6.07, 6.45) is 0.646. The van der Waals surface area contributed by atoms with Crippen molar-refractivity contribution in [3.05, 3.63) is 59.7 Å². The Bertz CT molecular complexity index is 547. The molecule has 2 aromatic rings. The van der Waals surface area contributed by atoms with Gasteiger partial charge in [-0.15, -0.1) is 0 Å². The van der Waals surface area contributed by atoms with Crippen LogP contribution in [0.15, 0.2) is 48.5 Å². The van der Waals surface area contributed by atoms with E-state index in [0.717, 1.165) is 11.3 Å². The highest BCUT2D eigenvalue weighted by Gasteiger charge is 2.00. The minimum absolute atomic E-state index is 0.0416. The van der Waals surface area contributed by atoms with Crippen LogP contribution in [-0.4, -0.2) is 17.5 Å². The summed E-state index contributed by atoms with van der Waals surface area (Å²) in [7, 11) is 0. The predicted octanol–water partition coefficient (Wildman–Crippen LogP) is 2.30.